The normalized spacial score (nSPS) is 12.4. The van der Waals surface area contributed by atoms with Crippen molar-refractivity contribution < 1.29 is 18.7 Å². The Balaban J connectivity index is 2.17. The van der Waals surface area contributed by atoms with Crippen molar-refractivity contribution in [2.75, 3.05) is 6.54 Å². The largest absolute Gasteiger partial charge is 0.444 e. The fourth-order valence-corrected chi connectivity index (χ4v) is 2.95. The lowest BCUT2D eigenvalue weighted by molar-refractivity contribution is 0.0173. The van der Waals surface area contributed by atoms with Crippen molar-refractivity contribution in [2.45, 2.75) is 45.8 Å². The molecule has 150 valence electrons. The Morgan fingerprint density at radius 3 is 2.18 bits per heavy atom. The van der Waals surface area contributed by atoms with Crippen LogP contribution in [0.3, 0.4) is 0 Å². The number of amides is 1. The minimum Gasteiger partial charge on any atom is -0.444 e. The monoisotopic (exact) mass is 449 g/mol. The van der Waals surface area contributed by atoms with Crippen molar-refractivity contribution in [3.05, 3.63) is 69.9 Å². The van der Waals surface area contributed by atoms with E-state index in [1.165, 1.54) is 24.3 Å². The Bertz CT molecular complexity index is 813. The van der Waals surface area contributed by atoms with Crippen LogP contribution in [-0.2, 0) is 4.74 Å². The van der Waals surface area contributed by atoms with Gasteiger partial charge in [0, 0.05) is 23.0 Å². The smallest absolute Gasteiger partial charge is 0.410 e. The van der Waals surface area contributed by atoms with E-state index in [1.54, 1.807) is 25.7 Å². The molecule has 0 bridgehead atoms. The molecule has 0 heterocycles. The molecule has 0 spiro atoms. The van der Waals surface area contributed by atoms with Crippen LogP contribution in [0.25, 0.3) is 0 Å². The number of halogens is 2. The third kappa shape index (κ3) is 6.44. The molecule has 0 aromatic heterocycles. The van der Waals surface area contributed by atoms with Crippen molar-refractivity contribution in [1.82, 2.24) is 4.90 Å². The Morgan fingerprint density at radius 1 is 1.07 bits per heavy atom. The van der Waals surface area contributed by atoms with Gasteiger partial charge in [0.2, 0.25) is 0 Å². The molecule has 6 heteroatoms. The summed E-state index contributed by atoms with van der Waals surface area (Å²) in [6.07, 6.45) is -0.360. The van der Waals surface area contributed by atoms with Gasteiger partial charge in [0.15, 0.2) is 5.78 Å². The lowest BCUT2D eigenvalue weighted by Gasteiger charge is -2.32. The summed E-state index contributed by atoms with van der Waals surface area (Å²) >= 11 is 3.40. The molecule has 1 atom stereocenters. The zero-order chi connectivity index (χ0) is 20.9. The van der Waals surface area contributed by atoms with E-state index in [-0.39, 0.29) is 24.8 Å². The Morgan fingerprint density at radius 2 is 1.64 bits per heavy atom. The zero-order valence-corrected chi connectivity index (χ0v) is 18.1. The average molecular weight is 450 g/mol. The number of benzene rings is 2. The van der Waals surface area contributed by atoms with Gasteiger partial charge < -0.3 is 9.64 Å². The fourth-order valence-electron chi connectivity index (χ4n) is 2.69. The van der Waals surface area contributed by atoms with E-state index >= 15 is 0 Å². The highest BCUT2D eigenvalue weighted by molar-refractivity contribution is 9.10. The molecule has 0 aliphatic heterocycles. The molecule has 4 nitrogen and oxygen atoms in total. The molecule has 0 saturated carbocycles. The molecule has 2 aromatic rings. The van der Waals surface area contributed by atoms with Crippen molar-refractivity contribution in [3.8, 4) is 0 Å². The van der Waals surface area contributed by atoms with Gasteiger partial charge in [-0.1, -0.05) is 28.1 Å². The van der Waals surface area contributed by atoms with Crippen molar-refractivity contribution in [1.29, 1.82) is 0 Å². The molecule has 0 aliphatic rings. The molecule has 0 fully saturated rings. The maximum Gasteiger partial charge on any atom is 0.410 e. The van der Waals surface area contributed by atoms with Gasteiger partial charge in [0.05, 0.1) is 6.04 Å². The number of hydrogen-bond donors (Lipinski definition) is 0. The maximum absolute atomic E-state index is 13.1. The molecule has 0 aliphatic carbocycles. The summed E-state index contributed by atoms with van der Waals surface area (Å²) in [4.78, 5) is 26.8. The van der Waals surface area contributed by atoms with E-state index in [0.29, 0.717) is 5.56 Å². The van der Waals surface area contributed by atoms with E-state index in [2.05, 4.69) is 15.9 Å². The first-order valence-electron chi connectivity index (χ1n) is 9.10. The number of hydrogen-bond acceptors (Lipinski definition) is 3. The maximum atomic E-state index is 13.1. The molecule has 2 rings (SSSR count). The third-order valence-corrected chi connectivity index (χ3v) is 4.72. The van der Waals surface area contributed by atoms with Crippen molar-refractivity contribution in [2.24, 2.45) is 0 Å². The van der Waals surface area contributed by atoms with Gasteiger partial charge in [-0.15, -0.1) is 0 Å². The number of ketones is 1. The standard InChI is InChI=1S/C22H25BrFNO3/c1-15(16-5-9-18(23)10-6-16)25(21(27)28-22(2,3)4)14-13-20(26)17-7-11-19(24)12-8-17/h5-12,15H,13-14H2,1-4H3. The number of rotatable bonds is 6. The van der Waals surface area contributed by atoms with E-state index in [4.69, 9.17) is 4.74 Å². The van der Waals surface area contributed by atoms with Crippen LogP contribution < -0.4 is 0 Å². The summed E-state index contributed by atoms with van der Waals surface area (Å²) in [6.45, 7) is 7.50. The third-order valence-electron chi connectivity index (χ3n) is 4.19. The minimum atomic E-state index is -0.643. The lowest BCUT2D eigenvalue weighted by atomic mass is 10.1. The van der Waals surface area contributed by atoms with Gasteiger partial charge in [0.25, 0.3) is 0 Å². The van der Waals surface area contributed by atoms with Crippen LogP contribution in [0.15, 0.2) is 53.0 Å². The van der Waals surface area contributed by atoms with Crippen LogP contribution in [-0.4, -0.2) is 28.9 Å². The Kier molecular flexibility index (Phi) is 7.35. The van der Waals surface area contributed by atoms with E-state index < -0.39 is 17.5 Å². The Labute approximate surface area is 173 Å². The predicted molar refractivity (Wildman–Crippen MR) is 111 cm³/mol. The molecule has 2 aromatic carbocycles. The van der Waals surface area contributed by atoms with Gasteiger partial charge >= 0.3 is 6.09 Å². The SMILES string of the molecule is CC(c1ccc(Br)cc1)N(CCC(=O)c1ccc(F)cc1)C(=O)OC(C)(C)C. The molecule has 0 N–H and O–H groups in total. The second-order valence-corrected chi connectivity index (χ2v) is 8.50. The molecule has 0 saturated heterocycles. The molecule has 1 amide bonds. The summed E-state index contributed by atoms with van der Waals surface area (Å²) in [6, 6.07) is 12.8. The Hall–Kier alpha value is -2.21. The zero-order valence-electron chi connectivity index (χ0n) is 16.5. The molecule has 0 radical (unpaired) electrons. The van der Waals surface area contributed by atoms with Gasteiger partial charge in [-0.05, 0) is 69.7 Å². The highest BCUT2D eigenvalue weighted by Crippen LogP contribution is 2.25. The quantitative estimate of drug-likeness (QED) is 0.496. The van der Waals surface area contributed by atoms with Crippen LogP contribution in [0.4, 0.5) is 9.18 Å². The van der Waals surface area contributed by atoms with Crippen LogP contribution >= 0.6 is 15.9 Å². The second kappa shape index (κ2) is 9.32. The first-order chi connectivity index (χ1) is 13.1. The summed E-state index contributed by atoms with van der Waals surface area (Å²) in [5, 5.41) is 0. The second-order valence-electron chi connectivity index (χ2n) is 7.58. The molecule has 1 unspecified atom stereocenters. The van der Waals surface area contributed by atoms with Crippen molar-refractivity contribution in [3.63, 3.8) is 0 Å². The number of ether oxygens (including phenoxy) is 1. The van der Waals surface area contributed by atoms with Crippen LogP contribution in [0.2, 0.25) is 0 Å². The topological polar surface area (TPSA) is 46.6 Å². The molecule has 28 heavy (non-hydrogen) atoms. The summed E-state index contributed by atoms with van der Waals surface area (Å²) in [5.41, 5.74) is 0.709. The van der Waals surface area contributed by atoms with E-state index in [9.17, 15) is 14.0 Å². The van der Waals surface area contributed by atoms with Crippen molar-refractivity contribution >= 4 is 27.8 Å². The molecular weight excluding hydrogens is 425 g/mol. The number of carbonyl (C=O) groups is 2. The lowest BCUT2D eigenvalue weighted by Crippen LogP contribution is -2.39. The van der Waals surface area contributed by atoms with Gasteiger partial charge in [-0.3, -0.25) is 4.79 Å². The van der Waals surface area contributed by atoms with E-state index in [1.807, 2.05) is 31.2 Å². The number of Topliss-reactive ketones (excluding diaryl/α,β-unsaturated/α-hetero) is 1. The number of nitrogens with zero attached hydrogens (tertiary/aromatic N) is 1. The summed E-state index contributed by atoms with van der Waals surface area (Å²) in [7, 11) is 0. The average Bonchev–Trinajstić information content (AvgIpc) is 2.61. The number of carbonyl (C=O) groups excluding carboxylic acids is 2. The predicted octanol–water partition coefficient (Wildman–Crippen LogP) is 6.16. The first-order valence-corrected chi connectivity index (χ1v) is 9.90. The summed E-state index contributed by atoms with van der Waals surface area (Å²) < 4.78 is 19.5. The summed E-state index contributed by atoms with van der Waals surface area (Å²) in [5.74, 6) is -0.549. The minimum absolute atomic E-state index is 0.117. The van der Waals surface area contributed by atoms with Crippen LogP contribution in [0, 0.1) is 5.82 Å². The molecular formula is C22H25BrFNO3. The highest BCUT2D eigenvalue weighted by atomic mass is 79.9. The van der Waals surface area contributed by atoms with Gasteiger partial charge in [-0.2, -0.15) is 0 Å². The van der Waals surface area contributed by atoms with Crippen LogP contribution in [0.1, 0.15) is 56.1 Å². The van der Waals surface area contributed by atoms with Crippen LogP contribution in [0.5, 0.6) is 0 Å². The first kappa shape index (κ1) is 22.1. The van der Waals surface area contributed by atoms with Gasteiger partial charge in [-0.25, -0.2) is 9.18 Å². The highest BCUT2D eigenvalue weighted by Gasteiger charge is 2.27. The fraction of sp³-hybridized carbons (Fsp3) is 0.364. The van der Waals surface area contributed by atoms with E-state index in [0.717, 1.165) is 10.0 Å². The van der Waals surface area contributed by atoms with Gasteiger partial charge in [0.1, 0.15) is 11.4 Å².